The van der Waals surface area contributed by atoms with E-state index in [9.17, 15) is 4.79 Å². The van der Waals surface area contributed by atoms with Crippen molar-refractivity contribution in [3.63, 3.8) is 0 Å². The third-order valence-corrected chi connectivity index (χ3v) is 2.67. The van der Waals surface area contributed by atoms with Crippen molar-refractivity contribution in [3.05, 3.63) is 0 Å². The molecular weight excluding hydrogens is 200 g/mol. The zero-order valence-electron chi connectivity index (χ0n) is 6.62. The molecule has 1 aliphatic rings. The van der Waals surface area contributed by atoms with E-state index in [1.54, 1.807) is 11.8 Å². The molecule has 1 saturated heterocycles. The molecule has 0 bridgehead atoms. The van der Waals surface area contributed by atoms with E-state index in [0.717, 1.165) is 12.2 Å². The van der Waals surface area contributed by atoms with Crippen molar-refractivity contribution < 1.29 is 14.3 Å². The minimum Gasteiger partial charge on any atom is -0.434 e. The van der Waals surface area contributed by atoms with Crippen LogP contribution < -0.4 is 0 Å². The minimum atomic E-state index is -0.413. The predicted molar refractivity (Wildman–Crippen MR) is 48.5 cm³/mol. The molecule has 1 aliphatic heterocycles. The second-order valence-electron chi connectivity index (χ2n) is 2.35. The lowest BCUT2D eigenvalue weighted by Crippen LogP contribution is -2.23. The van der Waals surface area contributed by atoms with Crippen molar-refractivity contribution >= 4 is 29.3 Å². The van der Waals surface area contributed by atoms with Gasteiger partial charge < -0.3 is 9.47 Å². The van der Waals surface area contributed by atoms with Gasteiger partial charge in [-0.25, -0.2) is 0 Å². The van der Waals surface area contributed by atoms with E-state index in [1.807, 2.05) is 0 Å². The number of halogens is 1. The first-order chi connectivity index (χ1) is 5.83. The number of hydrogen-bond acceptors (Lipinski definition) is 4. The van der Waals surface area contributed by atoms with E-state index >= 15 is 0 Å². The summed E-state index contributed by atoms with van der Waals surface area (Å²) in [7, 11) is 0. The minimum absolute atomic E-state index is 0.107. The number of hydrogen-bond donors (Lipinski definition) is 0. The molecule has 0 unspecified atom stereocenters. The maximum atomic E-state index is 10.7. The average molecular weight is 211 g/mol. The third kappa shape index (κ3) is 3.65. The molecule has 0 radical (unpaired) electrons. The highest BCUT2D eigenvalue weighted by Crippen LogP contribution is 2.13. The normalized spacial score (nSPS) is 24.6. The summed E-state index contributed by atoms with van der Waals surface area (Å²) in [4.78, 5) is 10.7. The zero-order valence-corrected chi connectivity index (χ0v) is 8.20. The van der Waals surface area contributed by atoms with Crippen LogP contribution in [0.3, 0.4) is 0 Å². The van der Waals surface area contributed by atoms with Gasteiger partial charge in [-0.15, -0.1) is 11.6 Å². The molecule has 0 aromatic carbocycles. The van der Waals surface area contributed by atoms with Gasteiger partial charge in [0.15, 0.2) is 0 Å². The number of rotatable bonds is 2. The van der Waals surface area contributed by atoms with Gasteiger partial charge in [0, 0.05) is 0 Å². The SMILES string of the molecule is O=C(CCl)O[C@H]1CSCCCO1. The molecule has 0 spiro atoms. The summed E-state index contributed by atoms with van der Waals surface area (Å²) in [6, 6.07) is 0. The molecule has 12 heavy (non-hydrogen) atoms. The Bertz CT molecular complexity index is 146. The Morgan fingerprint density at radius 3 is 3.33 bits per heavy atom. The summed E-state index contributed by atoms with van der Waals surface area (Å²) in [5.41, 5.74) is 0. The highest BCUT2D eigenvalue weighted by atomic mass is 35.5. The largest absolute Gasteiger partial charge is 0.434 e. The van der Waals surface area contributed by atoms with Gasteiger partial charge in [0.2, 0.25) is 6.29 Å². The highest BCUT2D eigenvalue weighted by Gasteiger charge is 2.16. The number of alkyl halides is 1. The molecule has 1 rings (SSSR count). The maximum absolute atomic E-state index is 10.7. The number of ether oxygens (including phenoxy) is 2. The van der Waals surface area contributed by atoms with E-state index < -0.39 is 12.3 Å². The van der Waals surface area contributed by atoms with Crippen molar-refractivity contribution in [3.8, 4) is 0 Å². The fraction of sp³-hybridized carbons (Fsp3) is 0.857. The van der Waals surface area contributed by atoms with Crippen molar-refractivity contribution in [2.75, 3.05) is 24.0 Å². The average Bonchev–Trinajstić information content (AvgIpc) is 2.33. The molecule has 1 atom stereocenters. The second-order valence-corrected chi connectivity index (χ2v) is 3.77. The van der Waals surface area contributed by atoms with Gasteiger partial charge in [0.25, 0.3) is 0 Å². The lowest BCUT2D eigenvalue weighted by atomic mass is 10.5. The van der Waals surface area contributed by atoms with Crippen LogP contribution in [0, 0.1) is 0 Å². The van der Waals surface area contributed by atoms with Crippen LogP contribution >= 0.6 is 23.4 Å². The molecule has 0 aromatic rings. The van der Waals surface area contributed by atoms with Crippen LogP contribution in [0.1, 0.15) is 6.42 Å². The summed E-state index contributed by atoms with van der Waals surface area (Å²) >= 11 is 7.01. The number of thioether (sulfide) groups is 1. The van der Waals surface area contributed by atoms with Crippen molar-refractivity contribution in [2.24, 2.45) is 0 Å². The first kappa shape index (κ1) is 10.2. The Morgan fingerprint density at radius 2 is 2.58 bits per heavy atom. The third-order valence-electron chi connectivity index (χ3n) is 1.36. The Balaban J connectivity index is 2.24. The molecule has 0 amide bonds. The Morgan fingerprint density at radius 1 is 1.75 bits per heavy atom. The fourth-order valence-corrected chi connectivity index (χ4v) is 1.76. The summed E-state index contributed by atoms with van der Waals surface area (Å²) in [5, 5.41) is 0. The molecule has 0 saturated carbocycles. The summed E-state index contributed by atoms with van der Waals surface area (Å²) < 4.78 is 10.2. The molecule has 70 valence electrons. The molecular formula is C7H11ClO3S. The van der Waals surface area contributed by atoms with Gasteiger partial charge in [-0.05, 0) is 12.2 Å². The molecule has 5 heteroatoms. The maximum Gasteiger partial charge on any atom is 0.323 e. The van der Waals surface area contributed by atoms with E-state index in [0.29, 0.717) is 12.4 Å². The highest BCUT2D eigenvalue weighted by molar-refractivity contribution is 7.99. The van der Waals surface area contributed by atoms with Crippen LogP contribution in [0.25, 0.3) is 0 Å². The number of esters is 1. The van der Waals surface area contributed by atoms with Crippen LogP contribution in [-0.2, 0) is 14.3 Å². The van der Waals surface area contributed by atoms with Gasteiger partial charge in [0.1, 0.15) is 5.88 Å². The van der Waals surface area contributed by atoms with Gasteiger partial charge >= 0.3 is 5.97 Å². The van der Waals surface area contributed by atoms with E-state index in [2.05, 4.69) is 0 Å². The molecule has 0 aliphatic carbocycles. The van der Waals surface area contributed by atoms with Gasteiger partial charge in [0.05, 0.1) is 12.4 Å². The summed E-state index contributed by atoms with van der Waals surface area (Å²) in [6.45, 7) is 0.660. The summed E-state index contributed by atoms with van der Waals surface area (Å²) in [6.07, 6.45) is 0.614. The molecule has 1 fully saturated rings. The topological polar surface area (TPSA) is 35.5 Å². The van der Waals surface area contributed by atoms with Crippen LogP contribution in [0.2, 0.25) is 0 Å². The smallest absolute Gasteiger partial charge is 0.323 e. The first-order valence-corrected chi connectivity index (χ1v) is 5.46. The van der Waals surface area contributed by atoms with Gasteiger partial charge in [-0.1, -0.05) is 0 Å². The lowest BCUT2D eigenvalue weighted by molar-refractivity contribution is -0.170. The lowest BCUT2D eigenvalue weighted by Gasteiger charge is -2.13. The van der Waals surface area contributed by atoms with E-state index in [4.69, 9.17) is 21.1 Å². The molecule has 0 aromatic heterocycles. The second kappa shape index (κ2) is 5.67. The van der Waals surface area contributed by atoms with Crippen LogP contribution in [0.15, 0.2) is 0 Å². The van der Waals surface area contributed by atoms with Crippen LogP contribution in [0.4, 0.5) is 0 Å². The van der Waals surface area contributed by atoms with Gasteiger partial charge in [-0.2, -0.15) is 11.8 Å². The Hall–Kier alpha value is 0.0700. The van der Waals surface area contributed by atoms with Crippen molar-refractivity contribution in [2.45, 2.75) is 12.7 Å². The predicted octanol–water partition coefficient (Wildman–Crippen LogP) is 1.25. The number of carbonyl (C=O) groups excluding carboxylic acids is 1. The molecule has 3 nitrogen and oxygen atoms in total. The van der Waals surface area contributed by atoms with Crippen molar-refractivity contribution in [1.82, 2.24) is 0 Å². The van der Waals surface area contributed by atoms with Crippen LogP contribution in [0.5, 0.6) is 0 Å². The Labute approximate surface area is 80.7 Å². The Kier molecular flexibility index (Phi) is 4.80. The monoisotopic (exact) mass is 210 g/mol. The quantitative estimate of drug-likeness (QED) is 0.508. The molecule has 0 N–H and O–H groups in total. The zero-order chi connectivity index (χ0) is 8.81. The van der Waals surface area contributed by atoms with E-state index in [1.165, 1.54) is 0 Å². The van der Waals surface area contributed by atoms with Gasteiger partial charge in [-0.3, -0.25) is 4.79 Å². The summed E-state index contributed by atoms with van der Waals surface area (Å²) in [5.74, 6) is 1.26. The standard InChI is InChI=1S/C7H11ClO3S/c8-4-6(9)11-7-5-12-3-1-2-10-7/h7H,1-5H2/t7-/m0/s1. The number of carbonyl (C=O) groups is 1. The van der Waals surface area contributed by atoms with Crippen LogP contribution in [-0.4, -0.2) is 36.3 Å². The van der Waals surface area contributed by atoms with E-state index in [-0.39, 0.29) is 5.88 Å². The fourth-order valence-electron chi connectivity index (χ4n) is 0.850. The molecule has 1 heterocycles. The van der Waals surface area contributed by atoms with Crippen molar-refractivity contribution in [1.29, 1.82) is 0 Å². The first-order valence-electron chi connectivity index (χ1n) is 3.77.